The number of carbonyl (C=O) groups is 2. The van der Waals surface area contributed by atoms with Crippen LogP contribution in [0.3, 0.4) is 0 Å². The average molecular weight is 476 g/mol. The summed E-state index contributed by atoms with van der Waals surface area (Å²) in [4.78, 5) is 24.7. The number of hydrogen-bond donors (Lipinski definition) is 2. The molecule has 1 aliphatic heterocycles. The van der Waals surface area contributed by atoms with Crippen molar-refractivity contribution in [3.8, 4) is 0 Å². The van der Waals surface area contributed by atoms with Crippen molar-refractivity contribution in [2.24, 2.45) is 0 Å². The topological polar surface area (TPSA) is 69.6 Å². The van der Waals surface area contributed by atoms with Gasteiger partial charge in [0.05, 0.1) is 16.9 Å². The molecule has 0 saturated carbocycles. The minimum Gasteiger partial charge on any atom is -0.480 e. The van der Waals surface area contributed by atoms with Crippen molar-refractivity contribution in [1.29, 1.82) is 0 Å². The Morgan fingerprint density at radius 3 is 2.46 bits per heavy atom. The van der Waals surface area contributed by atoms with E-state index in [0.29, 0.717) is 3.57 Å². The number of nitrogens with zero attached hydrogens (tertiary/aromatic N) is 1. The van der Waals surface area contributed by atoms with E-state index >= 15 is 0 Å². The molecule has 2 aromatic rings. The van der Waals surface area contributed by atoms with E-state index in [-0.39, 0.29) is 24.2 Å². The predicted molar refractivity (Wildman–Crippen MR) is 95.8 cm³/mol. The predicted octanol–water partition coefficient (Wildman–Crippen LogP) is 3.75. The van der Waals surface area contributed by atoms with Gasteiger partial charge in [0.25, 0.3) is 5.91 Å². The molecule has 1 fully saturated rings. The lowest BCUT2D eigenvalue weighted by Gasteiger charge is -2.38. The highest BCUT2D eigenvalue weighted by atomic mass is 127. The molecule has 1 heterocycles. The number of carbonyl (C=O) groups excluding carboxylic acids is 1. The van der Waals surface area contributed by atoms with E-state index in [2.05, 4.69) is 5.32 Å². The Morgan fingerprint density at radius 1 is 1.15 bits per heavy atom. The maximum atomic E-state index is 14.3. The van der Waals surface area contributed by atoms with Crippen molar-refractivity contribution < 1.29 is 27.9 Å². The monoisotopic (exact) mass is 476 g/mol. The summed E-state index contributed by atoms with van der Waals surface area (Å²) in [5, 5.41) is 11.5. The van der Waals surface area contributed by atoms with Crippen LogP contribution < -0.4 is 5.32 Å². The smallest absolute Gasteiger partial charge is 0.326 e. The minimum absolute atomic E-state index is 0.137. The number of aliphatic carboxylic acids is 1. The molecule has 2 N–H and O–H groups in total. The summed E-state index contributed by atoms with van der Waals surface area (Å²) in [6, 6.07) is 4.88. The highest BCUT2D eigenvalue weighted by molar-refractivity contribution is 14.1. The SMILES string of the molecule is O=C(O)C1CCN1C(=O)c1ccc(F)c(F)c1Nc1ccc(I)cc1F. The van der Waals surface area contributed by atoms with Crippen LogP contribution in [0.25, 0.3) is 0 Å². The van der Waals surface area contributed by atoms with Crippen LogP contribution >= 0.6 is 22.6 Å². The molecule has 136 valence electrons. The van der Waals surface area contributed by atoms with Crippen molar-refractivity contribution in [3.05, 3.63) is 56.9 Å². The van der Waals surface area contributed by atoms with Gasteiger partial charge in [0.15, 0.2) is 11.6 Å². The van der Waals surface area contributed by atoms with Crippen LogP contribution in [-0.2, 0) is 4.79 Å². The third-order valence-electron chi connectivity index (χ3n) is 4.08. The van der Waals surface area contributed by atoms with E-state index in [4.69, 9.17) is 5.11 Å². The standard InChI is InChI=1S/C17H12F3IN2O3/c18-10-3-2-9(16(24)23-6-5-13(23)17(25)26)15(14(10)20)22-12-4-1-8(21)7-11(12)19/h1-4,7,13,22H,5-6H2,(H,25,26). The number of likely N-dealkylation sites (tertiary alicyclic amines) is 1. The van der Waals surface area contributed by atoms with E-state index in [0.717, 1.165) is 17.0 Å². The number of carboxylic acids is 1. The molecule has 2 aromatic carbocycles. The van der Waals surface area contributed by atoms with E-state index < -0.39 is 41.1 Å². The first-order valence-corrected chi connectivity index (χ1v) is 8.61. The molecule has 1 saturated heterocycles. The Morgan fingerprint density at radius 2 is 1.88 bits per heavy atom. The molecule has 0 aliphatic carbocycles. The Hall–Kier alpha value is -2.30. The van der Waals surface area contributed by atoms with Crippen LogP contribution in [0.5, 0.6) is 0 Å². The first kappa shape index (κ1) is 18.5. The lowest BCUT2D eigenvalue weighted by atomic mass is 10.0. The Bertz CT molecular complexity index is 907. The Labute approximate surface area is 159 Å². The maximum Gasteiger partial charge on any atom is 0.326 e. The van der Waals surface area contributed by atoms with Crippen molar-refractivity contribution in [2.45, 2.75) is 12.5 Å². The van der Waals surface area contributed by atoms with Gasteiger partial charge in [-0.1, -0.05) is 0 Å². The zero-order valence-electron chi connectivity index (χ0n) is 13.1. The first-order valence-electron chi connectivity index (χ1n) is 7.53. The minimum atomic E-state index is -1.35. The van der Waals surface area contributed by atoms with E-state index in [1.54, 1.807) is 6.07 Å². The van der Waals surface area contributed by atoms with Crippen molar-refractivity contribution >= 4 is 45.8 Å². The number of benzene rings is 2. The lowest BCUT2D eigenvalue weighted by molar-refractivity contribution is -0.146. The zero-order chi connectivity index (χ0) is 19.0. The summed E-state index contributed by atoms with van der Waals surface area (Å²) in [7, 11) is 0. The van der Waals surface area contributed by atoms with Gasteiger partial charge in [-0.3, -0.25) is 4.79 Å². The average Bonchev–Trinajstić information content (AvgIpc) is 2.52. The van der Waals surface area contributed by atoms with E-state index in [9.17, 15) is 22.8 Å². The van der Waals surface area contributed by atoms with Gasteiger partial charge >= 0.3 is 5.97 Å². The second-order valence-electron chi connectivity index (χ2n) is 5.67. The van der Waals surface area contributed by atoms with Crippen molar-refractivity contribution in [3.63, 3.8) is 0 Å². The number of amides is 1. The first-order chi connectivity index (χ1) is 12.3. The molecule has 0 bridgehead atoms. The van der Waals surface area contributed by atoms with Crippen LogP contribution in [0.2, 0.25) is 0 Å². The molecule has 26 heavy (non-hydrogen) atoms. The summed E-state index contributed by atoms with van der Waals surface area (Å²) >= 11 is 1.89. The molecule has 1 unspecified atom stereocenters. The lowest BCUT2D eigenvalue weighted by Crippen LogP contribution is -2.55. The number of halogens is 4. The summed E-state index contributed by atoms with van der Waals surface area (Å²) in [6.07, 6.45) is 0.277. The molecule has 1 atom stereocenters. The number of carboxylic acid groups (broad SMARTS) is 1. The van der Waals surface area contributed by atoms with Crippen molar-refractivity contribution in [2.75, 3.05) is 11.9 Å². The van der Waals surface area contributed by atoms with Crippen LogP contribution in [0.1, 0.15) is 16.8 Å². The van der Waals surface area contributed by atoms with Crippen molar-refractivity contribution in [1.82, 2.24) is 4.90 Å². The fourth-order valence-electron chi connectivity index (χ4n) is 2.62. The van der Waals surface area contributed by atoms with Gasteiger partial charge in [0.2, 0.25) is 0 Å². The normalized spacial score (nSPS) is 16.2. The molecule has 3 rings (SSSR count). The summed E-state index contributed by atoms with van der Waals surface area (Å²) in [6.45, 7) is 0.187. The quantitative estimate of drug-likeness (QED) is 0.660. The Kier molecular flexibility index (Phi) is 5.08. The Balaban J connectivity index is 2.00. The van der Waals surface area contributed by atoms with Gasteiger partial charge in [-0.05, 0) is 59.3 Å². The second-order valence-corrected chi connectivity index (χ2v) is 6.92. The summed E-state index contributed by atoms with van der Waals surface area (Å²) in [5.74, 6) is -5.21. The maximum absolute atomic E-state index is 14.3. The van der Waals surface area contributed by atoms with Gasteiger partial charge in [0.1, 0.15) is 11.9 Å². The van der Waals surface area contributed by atoms with Gasteiger partial charge in [-0.15, -0.1) is 0 Å². The summed E-state index contributed by atoms with van der Waals surface area (Å²) < 4.78 is 42.6. The number of rotatable bonds is 4. The molecule has 0 radical (unpaired) electrons. The fraction of sp³-hybridized carbons (Fsp3) is 0.176. The highest BCUT2D eigenvalue weighted by Crippen LogP contribution is 2.31. The molecule has 1 amide bonds. The third kappa shape index (κ3) is 3.35. The number of nitrogens with one attached hydrogen (secondary N) is 1. The molecule has 0 aromatic heterocycles. The molecular formula is C17H12F3IN2O3. The van der Waals surface area contributed by atoms with E-state index in [1.807, 2.05) is 22.6 Å². The van der Waals surface area contributed by atoms with Crippen LogP contribution in [-0.4, -0.2) is 34.5 Å². The van der Waals surface area contributed by atoms with Crippen LogP contribution in [0.15, 0.2) is 30.3 Å². The van der Waals surface area contributed by atoms with Gasteiger partial charge < -0.3 is 15.3 Å². The van der Waals surface area contributed by atoms with Gasteiger partial charge in [-0.2, -0.15) is 0 Å². The molecule has 9 heteroatoms. The van der Waals surface area contributed by atoms with Gasteiger partial charge in [0, 0.05) is 10.1 Å². The molecule has 1 aliphatic rings. The highest BCUT2D eigenvalue weighted by Gasteiger charge is 2.39. The van der Waals surface area contributed by atoms with Crippen LogP contribution in [0.4, 0.5) is 24.5 Å². The zero-order valence-corrected chi connectivity index (χ0v) is 15.3. The number of anilines is 2. The molecule has 0 spiro atoms. The largest absolute Gasteiger partial charge is 0.480 e. The summed E-state index contributed by atoms with van der Waals surface area (Å²) in [5.41, 5.74) is -0.943. The molecule has 5 nitrogen and oxygen atoms in total. The molecular weight excluding hydrogens is 464 g/mol. The second kappa shape index (κ2) is 7.14. The van der Waals surface area contributed by atoms with Gasteiger partial charge in [-0.25, -0.2) is 18.0 Å². The van der Waals surface area contributed by atoms with Crippen LogP contribution in [0, 0.1) is 21.0 Å². The third-order valence-corrected chi connectivity index (χ3v) is 4.75. The fourth-order valence-corrected chi connectivity index (χ4v) is 3.07. The number of hydrogen-bond acceptors (Lipinski definition) is 3. The van der Waals surface area contributed by atoms with E-state index in [1.165, 1.54) is 12.1 Å².